The summed E-state index contributed by atoms with van der Waals surface area (Å²) in [6.07, 6.45) is 4.05. The van der Waals surface area contributed by atoms with Crippen molar-refractivity contribution in [3.8, 4) is 0 Å². The molecule has 1 aromatic carbocycles. The molecule has 2 aromatic rings. The molecule has 0 saturated heterocycles. The van der Waals surface area contributed by atoms with Gasteiger partial charge in [0.1, 0.15) is 0 Å². The topological polar surface area (TPSA) is 83.1 Å². The second kappa shape index (κ2) is 8.10. The van der Waals surface area contributed by atoms with Gasteiger partial charge in [0.2, 0.25) is 5.91 Å². The Morgan fingerprint density at radius 1 is 1.12 bits per heavy atom. The number of hydrogen-bond acceptors (Lipinski definition) is 4. The molecule has 2 amide bonds. The largest absolute Gasteiger partial charge is 0.354 e. The average Bonchev–Trinajstić information content (AvgIpc) is 2.54. The molecule has 1 atom stereocenters. The molecule has 6 heteroatoms. The Balaban J connectivity index is 2.12. The standard InChI is InChI=1S/C18H22N4O2/c1-4-12(2)20-18(24)14-8-17(11-19-10-14)22-16-7-5-6-15(9-16)21-13(3)23/h5-12,22H,4H2,1-3H3,(H,20,24)(H,21,23). The first-order valence-corrected chi connectivity index (χ1v) is 7.88. The van der Waals surface area contributed by atoms with E-state index in [9.17, 15) is 9.59 Å². The van der Waals surface area contributed by atoms with Crippen molar-refractivity contribution in [2.24, 2.45) is 0 Å². The molecule has 1 aromatic heterocycles. The molecule has 0 fully saturated rings. The van der Waals surface area contributed by atoms with Crippen molar-refractivity contribution in [3.63, 3.8) is 0 Å². The Kier molecular flexibility index (Phi) is 5.89. The van der Waals surface area contributed by atoms with Gasteiger partial charge in [-0.3, -0.25) is 14.6 Å². The minimum absolute atomic E-state index is 0.114. The molecule has 0 spiro atoms. The van der Waals surface area contributed by atoms with E-state index in [0.717, 1.165) is 12.1 Å². The summed E-state index contributed by atoms with van der Waals surface area (Å²) < 4.78 is 0. The lowest BCUT2D eigenvalue weighted by molar-refractivity contribution is -0.114. The van der Waals surface area contributed by atoms with Crippen LogP contribution in [-0.2, 0) is 4.79 Å². The second-order valence-corrected chi connectivity index (χ2v) is 5.63. The molecule has 6 nitrogen and oxygen atoms in total. The monoisotopic (exact) mass is 326 g/mol. The van der Waals surface area contributed by atoms with Crippen molar-refractivity contribution >= 4 is 28.9 Å². The van der Waals surface area contributed by atoms with E-state index in [0.29, 0.717) is 16.9 Å². The highest BCUT2D eigenvalue weighted by Gasteiger charge is 2.09. The predicted octanol–water partition coefficient (Wildman–Crippen LogP) is 3.31. The average molecular weight is 326 g/mol. The van der Waals surface area contributed by atoms with Crippen molar-refractivity contribution in [1.29, 1.82) is 0 Å². The van der Waals surface area contributed by atoms with Gasteiger partial charge in [-0.2, -0.15) is 0 Å². The molecular formula is C18H22N4O2. The van der Waals surface area contributed by atoms with E-state index in [1.165, 1.54) is 13.1 Å². The maximum absolute atomic E-state index is 12.2. The van der Waals surface area contributed by atoms with Crippen LogP contribution in [0.4, 0.5) is 17.1 Å². The van der Waals surface area contributed by atoms with Crippen LogP contribution in [0.25, 0.3) is 0 Å². The van der Waals surface area contributed by atoms with E-state index in [4.69, 9.17) is 0 Å². The number of benzene rings is 1. The smallest absolute Gasteiger partial charge is 0.253 e. The quantitative estimate of drug-likeness (QED) is 0.760. The summed E-state index contributed by atoms with van der Waals surface area (Å²) in [5, 5.41) is 8.83. The van der Waals surface area contributed by atoms with E-state index >= 15 is 0 Å². The Bertz CT molecular complexity index is 730. The summed E-state index contributed by atoms with van der Waals surface area (Å²) in [7, 11) is 0. The van der Waals surface area contributed by atoms with Crippen molar-refractivity contribution < 1.29 is 9.59 Å². The Hall–Kier alpha value is -2.89. The Morgan fingerprint density at radius 2 is 1.88 bits per heavy atom. The summed E-state index contributed by atoms with van der Waals surface area (Å²) >= 11 is 0. The zero-order valence-corrected chi connectivity index (χ0v) is 14.1. The first-order valence-electron chi connectivity index (χ1n) is 7.88. The maximum atomic E-state index is 12.2. The van der Waals surface area contributed by atoms with E-state index in [1.807, 2.05) is 32.0 Å². The molecule has 0 aliphatic carbocycles. The molecule has 0 aliphatic rings. The number of rotatable bonds is 6. The number of pyridine rings is 1. The second-order valence-electron chi connectivity index (χ2n) is 5.63. The fraction of sp³-hybridized carbons (Fsp3) is 0.278. The zero-order chi connectivity index (χ0) is 17.5. The van der Waals surface area contributed by atoms with Gasteiger partial charge in [-0.05, 0) is 37.6 Å². The van der Waals surface area contributed by atoms with Gasteiger partial charge >= 0.3 is 0 Å². The zero-order valence-electron chi connectivity index (χ0n) is 14.1. The third-order valence-electron chi connectivity index (χ3n) is 3.46. The molecular weight excluding hydrogens is 304 g/mol. The highest BCUT2D eigenvalue weighted by molar-refractivity contribution is 5.95. The van der Waals surface area contributed by atoms with Crippen molar-refractivity contribution in [3.05, 3.63) is 48.3 Å². The summed E-state index contributed by atoms with van der Waals surface area (Å²) in [6, 6.07) is 9.19. The fourth-order valence-electron chi connectivity index (χ4n) is 2.09. The maximum Gasteiger partial charge on any atom is 0.253 e. The van der Waals surface area contributed by atoms with Crippen LogP contribution >= 0.6 is 0 Å². The minimum Gasteiger partial charge on any atom is -0.354 e. The van der Waals surface area contributed by atoms with Gasteiger partial charge in [0.05, 0.1) is 17.4 Å². The molecule has 0 radical (unpaired) electrons. The molecule has 0 bridgehead atoms. The van der Waals surface area contributed by atoms with E-state index in [2.05, 4.69) is 20.9 Å². The van der Waals surface area contributed by atoms with Crippen molar-refractivity contribution in [2.75, 3.05) is 10.6 Å². The van der Waals surface area contributed by atoms with Crippen LogP contribution in [0, 0.1) is 0 Å². The number of amides is 2. The minimum atomic E-state index is -0.146. The van der Waals surface area contributed by atoms with Crippen LogP contribution in [0.15, 0.2) is 42.7 Å². The number of aromatic nitrogens is 1. The Labute approximate surface area is 141 Å². The molecule has 1 unspecified atom stereocenters. The highest BCUT2D eigenvalue weighted by Crippen LogP contribution is 2.20. The molecule has 0 aliphatic heterocycles. The lowest BCUT2D eigenvalue weighted by Crippen LogP contribution is -2.31. The van der Waals surface area contributed by atoms with Crippen LogP contribution in [0.5, 0.6) is 0 Å². The summed E-state index contributed by atoms with van der Waals surface area (Å²) in [5.41, 5.74) is 2.69. The highest BCUT2D eigenvalue weighted by atomic mass is 16.2. The molecule has 126 valence electrons. The lowest BCUT2D eigenvalue weighted by Gasteiger charge is -2.12. The van der Waals surface area contributed by atoms with E-state index < -0.39 is 0 Å². The van der Waals surface area contributed by atoms with Crippen molar-refractivity contribution in [1.82, 2.24) is 10.3 Å². The van der Waals surface area contributed by atoms with Gasteiger partial charge in [0.15, 0.2) is 0 Å². The van der Waals surface area contributed by atoms with Gasteiger partial charge in [0.25, 0.3) is 5.91 Å². The lowest BCUT2D eigenvalue weighted by atomic mass is 10.2. The first-order chi connectivity index (χ1) is 11.5. The van der Waals surface area contributed by atoms with Crippen LogP contribution in [0.2, 0.25) is 0 Å². The summed E-state index contributed by atoms with van der Waals surface area (Å²) in [4.78, 5) is 27.4. The number of hydrogen-bond donors (Lipinski definition) is 3. The number of anilines is 3. The van der Waals surface area contributed by atoms with Crippen molar-refractivity contribution in [2.45, 2.75) is 33.2 Å². The van der Waals surface area contributed by atoms with Crippen LogP contribution in [0.1, 0.15) is 37.6 Å². The number of nitrogens with zero attached hydrogens (tertiary/aromatic N) is 1. The Morgan fingerprint density at radius 3 is 2.58 bits per heavy atom. The van der Waals surface area contributed by atoms with Crippen LogP contribution in [0.3, 0.4) is 0 Å². The van der Waals surface area contributed by atoms with E-state index in [-0.39, 0.29) is 17.9 Å². The van der Waals surface area contributed by atoms with Gasteiger partial charge in [-0.15, -0.1) is 0 Å². The molecule has 3 N–H and O–H groups in total. The third kappa shape index (κ3) is 5.08. The number of nitrogens with one attached hydrogen (secondary N) is 3. The molecule has 2 rings (SSSR count). The third-order valence-corrected chi connectivity index (χ3v) is 3.46. The SMILES string of the molecule is CCC(C)NC(=O)c1cncc(Nc2cccc(NC(C)=O)c2)c1. The normalized spacial score (nSPS) is 11.5. The fourth-order valence-corrected chi connectivity index (χ4v) is 2.09. The van der Waals surface area contributed by atoms with Crippen LogP contribution in [-0.4, -0.2) is 22.8 Å². The van der Waals surface area contributed by atoms with Gasteiger partial charge < -0.3 is 16.0 Å². The van der Waals surface area contributed by atoms with E-state index in [1.54, 1.807) is 18.3 Å². The van der Waals surface area contributed by atoms with Crippen LogP contribution < -0.4 is 16.0 Å². The summed E-state index contributed by atoms with van der Waals surface area (Å²) in [6.45, 7) is 5.44. The number of carbonyl (C=O) groups excluding carboxylic acids is 2. The number of carbonyl (C=O) groups is 2. The first kappa shape index (κ1) is 17.5. The van der Waals surface area contributed by atoms with Gasteiger partial charge in [0, 0.05) is 30.5 Å². The van der Waals surface area contributed by atoms with Gasteiger partial charge in [-0.1, -0.05) is 13.0 Å². The summed E-state index contributed by atoms with van der Waals surface area (Å²) in [5.74, 6) is -0.273. The molecule has 24 heavy (non-hydrogen) atoms. The molecule has 1 heterocycles. The molecule has 0 saturated carbocycles. The van der Waals surface area contributed by atoms with Gasteiger partial charge in [-0.25, -0.2) is 0 Å². The predicted molar refractivity (Wildman–Crippen MR) is 95.5 cm³/mol.